The third-order valence-corrected chi connectivity index (χ3v) is 4.78. The maximum atomic E-state index is 12.5. The van der Waals surface area contributed by atoms with E-state index in [-0.39, 0.29) is 6.03 Å². The highest BCUT2D eigenvalue weighted by Crippen LogP contribution is 2.18. The van der Waals surface area contributed by atoms with Gasteiger partial charge in [0.15, 0.2) is 0 Å². The number of anilines is 1. The summed E-state index contributed by atoms with van der Waals surface area (Å²) >= 11 is 0. The number of nitrogens with zero attached hydrogens (tertiary/aromatic N) is 2. The molecule has 5 nitrogen and oxygen atoms in total. The van der Waals surface area contributed by atoms with Gasteiger partial charge < -0.3 is 19.9 Å². The molecule has 0 unspecified atom stereocenters. The van der Waals surface area contributed by atoms with Crippen LogP contribution >= 0.6 is 0 Å². The van der Waals surface area contributed by atoms with Crippen LogP contribution in [0.4, 0.5) is 10.5 Å². The molecule has 1 aliphatic heterocycles. The van der Waals surface area contributed by atoms with Gasteiger partial charge in [-0.1, -0.05) is 36.4 Å². The Morgan fingerprint density at radius 1 is 1.04 bits per heavy atom. The molecule has 0 bridgehead atoms. The Morgan fingerprint density at radius 2 is 1.77 bits per heavy atom. The van der Waals surface area contributed by atoms with Gasteiger partial charge in [0.05, 0.1) is 6.61 Å². The van der Waals surface area contributed by atoms with E-state index in [9.17, 15) is 4.79 Å². The smallest absolute Gasteiger partial charge is 0.317 e. The molecule has 1 N–H and O–H groups in total. The van der Waals surface area contributed by atoms with Crippen LogP contribution in [0.5, 0.6) is 0 Å². The summed E-state index contributed by atoms with van der Waals surface area (Å²) in [6.45, 7) is 6.37. The van der Waals surface area contributed by atoms with Gasteiger partial charge in [-0.15, -0.1) is 0 Å². The maximum Gasteiger partial charge on any atom is 0.317 e. The zero-order chi connectivity index (χ0) is 18.4. The molecule has 0 radical (unpaired) electrons. The average molecular weight is 353 g/mol. The molecular weight excluding hydrogens is 326 g/mol. The van der Waals surface area contributed by atoms with Crippen molar-refractivity contribution in [2.45, 2.75) is 20.1 Å². The van der Waals surface area contributed by atoms with Gasteiger partial charge in [0.1, 0.15) is 0 Å². The van der Waals surface area contributed by atoms with Gasteiger partial charge in [0.2, 0.25) is 0 Å². The van der Waals surface area contributed by atoms with Gasteiger partial charge in [-0.2, -0.15) is 0 Å². The fraction of sp³-hybridized carbons (Fsp3) is 0.381. The van der Waals surface area contributed by atoms with Crippen LogP contribution in [0.1, 0.15) is 16.7 Å². The SMILES string of the molecule is COCc1ccccc1CNC(=O)N1CCN(c2cccc(C)c2)CC1. The molecule has 0 saturated carbocycles. The lowest BCUT2D eigenvalue weighted by atomic mass is 10.1. The molecule has 2 amide bonds. The lowest BCUT2D eigenvalue weighted by molar-refractivity contribution is 0.183. The summed E-state index contributed by atoms with van der Waals surface area (Å²) in [6, 6.07) is 16.6. The molecule has 0 aromatic heterocycles. The topological polar surface area (TPSA) is 44.8 Å². The van der Waals surface area contributed by atoms with Crippen molar-refractivity contribution < 1.29 is 9.53 Å². The molecule has 0 atom stereocenters. The maximum absolute atomic E-state index is 12.5. The van der Waals surface area contributed by atoms with Crippen LogP contribution < -0.4 is 10.2 Å². The molecule has 3 rings (SSSR count). The van der Waals surface area contributed by atoms with Crippen LogP contribution in [-0.4, -0.2) is 44.2 Å². The highest BCUT2D eigenvalue weighted by Gasteiger charge is 2.21. The molecule has 1 saturated heterocycles. The van der Waals surface area contributed by atoms with Crippen molar-refractivity contribution in [1.29, 1.82) is 0 Å². The van der Waals surface area contributed by atoms with E-state index in [1.807, 2.05) is 29.2 Å². The van der Waals surface area contributed by atoms with Gasteiger partial charge in [0, 0.05) is 45.5 Å². The Morgan fingerprint density at radius 3 is 2.46 bits per heavy atom. The summed E-state index contributed by atoms with van der Waals surface area (Å²) in [4.78, 5) is 16.7. The highest BCUT2D eigenvalue weighted by atomic mass is 16.5. The summed E-state index contributed by atoms with van der Waals surface area (Å²) < 4.78 is 5.23. The van der Waals surface area contributed by atoms with Crippen LogP contribution in [0.15, 0.2) is 48.5 Å². The summed E-state index contributed by atoms with van der Waals surface area (Å²) in [5.74, 6) is 0. The first kappa shape index (κ1) is 18.3. The van der Waals surface area contributed by atoms with E-state index in [0.717, 1.165) is 37.3 Å². The number of hydrogen-bond acceptors (Lipinski definition) is 3. The Hall–Kier alpha value is -2.53. The second-order valence-electron chi connectivity index (χ2n) is 6.67. The third kappa shape index (κ3) is 4.55. The van der Waals surface area contributed by atoms with Crippen molar-refractivity contribution in [3.8, 4) is 0 Å². The van der Waals surface area contributed by atoms with E-state index in [2.05, 4.69) is 41.4 Å². The monoisotopic (exact) mass is 353 g/mol. The number of aryl methyl sites for hydroxylation is 1. The van der Waals surface area contributed by atoms with Crippen molar-refractivity contribution >= 4 is 11.7 Å². The molecule has 1 fully saturated rings. The second-order valence-corrected chi connectivity index (χ2v) is 6.67. The summed E-state index contributed by atoms with van der Waals surface area (Å²) in [6.07, 6.45) is 0. The minimum absolute atomic E-state index is 0.00103. The van der Waals surface area contributed by atoms with Gasteiger partial charge in [0.25, 0.3) is 0 Å². The first-order valence-electron chi connectivity index (χ1n) is 9.07. The van der Waals surface area contributed by atoms with E-state index in [4.69, 9.17) is 4.74 Å². The number of carbonyl (C=O) groups is 1. The number of methoxy groups -OCH3 is 1. The molecule has 0 spiro atoms. The van der Waals surface area contributed by atoms with Gasteiger partial charge in [-0.3, -0.25) is 0 Å². The minimum Gasteiger partial charge on any atom is -0.380 e. The number of ether oxygens (including phenoxy) is 1. The predicted molar refractivity (Wildman–Crippen MR) is 104 cm³/mol. The van der Waals surface area contributed by atoms with E-state index in [0.29, 0.717) is 13.2 Å². The quantitative estimate of drug-likeness (QED) is 0.898. The lowest BCUT2D eigenvalue weighted by Crippen LogP contribution is -2.51. The number of carbonyl (C=O) groups excluding carboxylic acids is 1. The second kappa shape index (κ2) is 8.72. The summed E-state index contributed by atoms with van der Waals surface area (Å²) in [5, 5.41) is 3.04. The first-order valence-corrected chi connectivity index (χ1v) is 9.07. The van der Waals surface area contributed by atoms with Crippen molar-refractivity contribution in [3.63, 3.8) is 0 Å². The molecule has 1 heterocycles. The van der Waals surface area contributed by atoms with Crippen LogP contribution in [0.25, 0.3) is 0 Å². The van der Waals surface area contributed by atoms with E-state index >= 15 is 0 Å². The van der Waals surface area contributed by atoms with E-state index < -0.39 is 0 Å². The molecule has 1 aliphatic rings. The minimum atomic E-state index is 0.00103. The summed E-state index contributed by atoms with van der Waals surface area (Å²) in [7, 11) is 1.68. The largest absolute Gasteiger partial charge is 0.380 e. The fourth-order valence-electron chi connectivity index (χ4n) is 3.30. The van der Waals surface area contributed by atoms with Crippen molar-refractivity contribution in [1.82, 2.24) is 10.2 Å². The number of benzene rings is 2. The van der Waals surface area contributed by atoms with Crippen LogP contribution in [0.3, 0.4) is 0 Å². The zero-order valence-corrected chi connectivity index (χ0v) is 15.6. The third-order valence-electron chi connectivity index (χ3n) is 4.78. The highest BCUT2D eigenvalue weighted by molar-refractivity contribution is 5.74. The molecule has 26 heavy (non-hydrogen) atoms. The average Bonchev–Trinajstić information content (AvgIpc) is 2.67. The van der Waals surface area contributed by atoms with Crippen molar-refractivity contribution in [3.05, 3.63) is 65.2 Å². The molecule has 2 aromatic carbocycles. The van der Waals surface area contributed by atoms with Crippen LogP contribution in [0.2, 0.25) is 0 Å². The Balaban J connectivity index is 1.51. The number of urea groups is 1. The number of amides is 2. The van der Waals surface area contributed by atoms with E-state index in [1.165, 1.54) is 11.3 Å². The first-order chi connectivity index (χ1) is 12.7. The number of rotatable bonds is 5. The number of hydrogen-bond donors (Lipinski definition) is 1. The van der Waals surface area contributed by atoms with Crippen LogP contribution in [0, 0.1) is 6.92 Å². The lowest BCUT2D eigenvalue weighted by Gasteiger charge is -2.36. The van der Waals surface area contributed by atoms with Gasteiger partial charge in [-0.05, 0) is 35.7 Å². The standard InChI is InChI=1S/C21H27N3O2/c1-17-6-5-9-20(14-17)23-10-12-24(13-11-23)21(25)22-15-18-7-3-4-8-19(18)16-26-2/h3-9,14H,10-13,15-16H2,1-2H3,(H,22,25). The normalized spacial score (nSPS) is 14.4. The molecular formula is C21H27N3O2. The summed E-state index contributed by atoms with van der Waals surface area (Å²) in [5.41, 5.74) is 4.71. The zero-order valence-electron chi connectivity index (χ0n) is 15.6. The van der Waals surface area contributed by atoms with Crippen molar-refractivity contribution in [2.75, 3.05) is 38.2 Å². The molecule has 138 valence electrons. The Bertz CT molecular complexity index is 740. The molecule has 2 aromatic rings. The number of nitrogens with one attached hydrogen (secondary N) is 1. The molecule has 5 heteroatoms. The fourth-order valence-corrected chi connectivity index (χ4v) is 3.30. The van der Waals surface area contributed by atoms with Gasteiger partial charge in [-0.25, -0.2) is 4.79 Å². The Labute approximate surface area is 155 Å². The predicted octanol–water partition coefficient (Wildman–Crippen LogP) is 3.17. The van der Waals surface area contributed by atoms with E-state index in [1.54, 1.807) is 7.11 Å². The Kier molecular flexibility index (Phi) is 6.12. The number of piperazine rings is 1. The van der Waals surface area contributed by atoms with Crippen LogP contribution in [-0.2, 0) is 17.9 Å². The molecule has 0 aliphatic carbocycles. The van der Waals surface area contributed by atoms with Gasteiger partial charge >= 0.3 is 6.03 Å². The van der Waals surface area contributed by atoms with Crippen molar-refractivity contribution in [2.24, 2.45) is 0 Å².